The minimum Gasteiger partial charge on any atom is -0.493 e. The molecule has 0 N–H and O–H groups in total. The standard InChI is InChI=1S/C29H20Cl2O3/c1-33-25-14-13-19(16-26(25)34-17-18-7-3-2-4-8-18)15-22-20-9-5-12-24(31)28(20)29(32)21-10-6-11-23(30)27(21)22/h2-16H,17H2,1H3/b22-15+. The van der Waals surface area contributed by atoms with Crippen LogP contribution in [0, 0.1) is 0 Å². The lowest BCUT2D eigenvalue weighted by molar-refractivity contribution is 0.103. The first-order valence-corrected chi connectivity index (χ1v) is 11.5. The number of fused-ring (bicyclic) bond motifs is 2. The Hall–Kier alpha value is -3.53. The van der Waals surface area contributed by atoms with Gasteiger partial charge in [0.25, 0.3) is 0 Å². The number of halogens is 2. The highest BCUT2D eigenvalue weighted by Gasteiger charge is 2.30. The highest BCUT2D eigenvalue weighted by molar-refractivity contribution is 6.39. The molecule has 4 aromatic carbocycles. The second-order valence-electron chi connectivity index (χ2n) is 7.90. The molecule has 168 valence electrons. The summed E-state index contributed by atoms with van der Waals surface area (Å²) in [5.41, 5.74) is 5.24. The molecular weight excluding hydrogens is 467 g/mol. The predicted octanol–water partition coefficient (Wildman–Crippen LogP) is 7.71. The Bertz CT molecular complexity index is 1420. The van der Waals surface area contributed by atoms with Crippen LogP contribution in [0.5, 0.6) is 11.5 Å². The summed E-state index contributed by atoms with van der Waals surface area (Å²) in [7, 11) is 1.61. The molecule has 5 heteroatoms. The van der Waals surface area contributed by atoms with Gasteiger partial charge in [0.05, 0.1) is 12.1 Å². The second kappa shape index (κ2) is 9.38. The maximum Gasteiger partial charge on any atom is 0.195 e. The van der Waals surface area contributed by atoms with Crippen molar-refractivity contribution in [3.63, 3.8) is 0 Å². The van der Waals surface area contributed by atoms with Crippen molar-refractivity contribution in [3.05, 3.63) is 128 Å². The highest BCUT2D eigenvalue weighted by atomic mass is 35.5. The fourth-order valence-corrected chi connectivity index (χ4v) is 4.72. The Kier molecular flexibility index (Phi) is 6.14. The van der Waals surface area contributed by atoms with Gasteiger partial charge in [0.15, 0.2) is 17.3 Å². The van der Waals surface area contributed by atoms with E-state index in [1.165, 1.54) is 0 Å². The molecule has 3 nitrogen and oxygen atoms in total. The van der Waals surface area contributed by atoms with Crippen molar-refractivity contribution in [1.82, 2.24) is 0 Å². The topological polar surface area (TPSA) is 35.5 Å². The van der Waals surface area contributed by atoms with E-state index < -0.39 is 0 Å². The van der Waals surface area contributed by atoms with E-state index in [1.54, 1.807) is 31.4 Å². The van der Waals surface area contributed by atoms with Crippen LogP contribution in [0.3, 0.4) is 0 Å². The largest absolute Gasteiger partial charge is 0.493 e. The Morgan fingerprint density at radius 2 is 1.47 bits per heavy atom. The van der Waals surface area contributed by atoms with Gasteiger partial charge in [-0.25, -0.2) is 0 Å². The van der Waals surface area contributed by atoms with E-state index in [0.717, 1.165) is 22.3 Å². The normalized spacial score (nSPS) is 13.4. The van der Waals surface area contributed by atoms with Crippen LogP contribution in [-0.4, -0.2) is 12.9 Å². The van der Waals surface area contributed by atoms with E-state index in [2.05, 4.69) is 0 Å². The summed E-state index contributed by atoms with van der Waals surface area (Å²) in [6.07, 6.45) is 2.00. The first-order chi connectivity index (χ1) is 16.6. The van der Waals surface area contributed by atoms with Crippen LogP contribution in [0.25, 0.3) is 11.6 Å². The van der Waals surface area contributed by atoms with Gasteiger partial charge in [-0.3, -0.25) is 4.79 Å². The third-order valence-electron chi connectivity index (χ3n) is 5.79. The monoisotopic (exact) mass is 486 g/mol. The fourth-order valence-electron chi connectivity index (χ4n) is 4.18. The Balaban J connectivity index is 1.62. The molecule has 0 saturated carbocycles. The maximum absolute atomic E-state index is 13.2. The minimum absolute atomic E-state index is 0.128. The summed E-state index contributed by atoms with van der Waals surface area (Å²) in [5, 5.41) is 0.928. The summed E-state index contributed by atoms with van der Waals surface area (Å²) < 4.78 is 11.6. The van der Waals surface area contributed by atoms with E-state index in [-0.39, 0.29) is 5.78 Å². The first-order valence-electron chi connectivity index (χ1n) is 10.8. The quantitative estimate of drug-likeness (QED) is 0.255. The van der Waals surface area contributed by atoms with Crippen molar-refractivity contribution >= 4 is 40.6 Å². The Morgan fingerprint density at radius 3 is 2.21 bits per heavy atom. The molecule has 0 unspecified atom stereocenters. The van der Waals surface area contributed by atoms with Crippen LogP contribution in [0.1, 0.15) is 38.2 Å². The number of benzene rings is 4. The van der Waals surface area contributed by atoms with Gasteiger partial charge in [-0.15, -0.1) is 0 Å². The zero-order valence-electron chi connectivity index (χ0n) is 18.3. The van der Waals surface area contributed by atoms with Crippen molar-refractivity contribution in [2.45, 2.75) is 6.61 Å². The Labute approximate surface area is 208 Å². The molecule has 0 atom stereocenters. The van der Waals surface area contributed by atoms with Crippen molar-refractivity contribution in [2.75, 3.05) is 7.11 Å². The number of carbonyl (C=O) groups excluding carboxylic acids is 1. The molecular formula is C29H20Cl2O3. The number of ether oxygens (including phenoxy) is 2. The second-order valence-corrected chi connectivity index (χ2v) is 8.71. The van der Waals surface area contributed by atoms with Gasteiger partial charge in [0, 0.05) is 21.7 Å². The summed E-state index contributed by atoms with van der Waals surface area (Å²) >= 11 is 13.1. The average Bonchev–Trinajstić information content (AvgIpc) is 2.86. The predicted molar refractivity (Wildman–Crippen MR) is 137 cm³/mol. The van der Waals surface area contributed by atoms with Crippen LogP contribution < -0.4 is 9.47 Å². The van der Waals surface area contributed by atoms with Gasteiger partial charge >= 0.3 is 0 Å². The molecule has 0 spiro atoms. The summed E-state index contributed by atoms with van der Waals surface area (Å²) in [5.74, 6) is 1.13. The van der Waals surface area contributed by atoms with Crippen molar-refractivity contribution in [2.24, 2.45) is 0 Å². The van der Waals surface area contributed by atoms with Crippen molar-refractivity contribution in [3.8, 4) is 11.5 Å². The first kappa shape index (κ1) is 22.3. The zero-order valence-corrected chi connectivity index (χ0v) is 19.9. The molecule has 4 aromatic rings. The van der Waals surface area contributed by atoms with E-state index in [1.807, 2.05) is 66.7 Å². The summed E-state index contributed by atoms with van der Waals surface area (Å²) in [6.45, 7) is 0.416. The number of hydrogen-bond acceptors (Lipinski definition) is 3. The molecule has 34 heavy (non-hydrogen) atoms. The maximum atomic E-state index is 13.2. The molecule has 1 aliphatic carbocycles. The average molecular weight is 487 g/mol. The summed E-state index contributed by atoms with van der Waals surface area (Å²) in [6, 6.07) is 26.5. The van der Waals surface area contributed by atoms with Gasteiger partial charge < -0.3 is 9.47 Å². The molecule has 0 saturated heterocycles. The van der Waals surface area contributed by atoms with Gasteiger partial charge in [-0.2, -0.15) is 0 Å². The van der Waals surface area contributed by atoms with Crippen LogP contribution in [0.2, 0.25) is 10.0 Å². The van der Waals surface area contributed by atoms with Crippen LogP contribution in [-0.2, 0) is 6.61 Å². The lowest BCUT2D eigenvalue weighted by Gasteiger charge is -2.23. The lowest BCUT2D eigenvalue weighted by Crippen LogP contribution is -2.15. The van der Waals surface area contributed by atoms with Crippen LogP contribution in [0.15, 0.2) is 84.9 Å². The van der Waals surface area contributed by atoms with Gasteiger partial charge in [-0.05, 0) is 52.6 Å². The molecule has 0 bridgehead atoms. The third kappa shape index (κ3) is 4.09. The van der Waals surface area contributed by atoms with Crippen molar-refractivity contribution < 1.29 is 14.3 Å². The molecule has 1 aliphatic rings. The molecule has 0 aromatic heterocycles. The molecule has 0 radical (unpaired) electrons. The van der Waals surface area contributed by atoms with Gasteiger partial charge in [0.1, 0.15) is 6.61 Å². The highest BCUT2D eigenvalue weighted by Crippen LogP contribution is 2.43. The number of methoxy groups -OCH3 is 1. The van der Waals surface area contributed by atoms with E-state index in [0.29, 0.717) is 44.8 Å². The Morgan fingerprint density at radius 1 is 0.765 bits per heavy atom. The molecule has 0 aliphatic heterocycles. The summed E-state index contributed by atoms with van der Waals surface area (Å²) in [4.78, 5) is 13.2. The van der Waals surface area contributed by atoms with Crippen LogP contribution in [0.4, 0.5) is 0 Å². The zero-order chi connectivity index (χ0) is 23.7. The van der Waals surface area contributed by atoms with E-state index in [4.69, 9.17) is 32.7 Å². The SMILES string of the molecule is COc1ccc(/C=C2\c3cccc(Cl)c3C(=O)c3cccc(Cl)c32)cc1OCc1ccccc1. The number of rotatable bonds is 5. The van der Waals surface area contributed by atoms with E-state index in [9.17, 15) is 4.79 Å². The lowest BCUT2D eigenvalue weighted by atomic mass is 9.80. The molecule has 5 rings (SSSR count). The smallest absolute Gasteiger partial charge is 0.195 e. The van der Waals surface area contributed by atoms with Gasteiger partial charge in [0.2, 0.25) is 0 Å². The molecule has 0 amide bonds. The number of hydrogen-bond donors (Lipinski definition) is 0. The number of carbonyl (C=O) groups is 1. The fraction of sp³-hybridized carbons (Fsp3) is 0.0690. The van der Waals surface area contributed by atoms with Gasteiger partial charge in [-0.1, -0.05) is 83.9 Å². The number of ketones is 1. The molecule has 0 fully saturated rings. The van der Waals surface area contributed by atoms with Crippen molar-refractivity contribution in [1.29, 1.82) is 0 Å². The van der Waals surface area contributed by atoms with E-state index >= 15 is 0 Å². The van der Waals surface area contributed by atoms with Crippen LogP contribution >= 0.6 is 23.2 Å². The molecule has 0 heterocycles. The third-order valence-corrected chi connectivity index (χ3v) is 6.42. The minimum atomic E-state index is -0.128.